The van der Waals surface area contributed by atoms with Crippen molar-refractivity contribution >= 4 is 12.0 Å². The Morgan fingerprint density at radius 1 is 1.45 bits per heavy atom. The van der Waals surface area contributed by atoms with Gasteiger partial charge in [-0.3, -0.25) is 0 Å². The lowest BCUT2D eigenvalue weighted by atomic mass is 10.2. The van der Waals surface area contributed by atoms with Gasteiger partial charge in [0.1, 0.15) is 18.2 Å². The Morgan fingerprint density at radius 3 is 2.70 bits per heavy atom. The van der Waals surface area contributed by atoms with Crippen LogP contribution in [0, 0.1) is 0 Å². The first-order chi connectivity index (χ1) is 9.45. The van der Waals surface area contributed by atoms with E-state index in [1.165, 1.54) is 6.33 Å². The fourth-order valence-electron chi connectivity index (χ4n) is 1.75. The lowest BCUT2D eigenvalue weighted by Crippen LogP contribution is -2.45. The van der Waals surface area contributed by atoms with Gasteiger partial charge in [-0.2, -0.15) is 5.10 Å². The highest BCUT2D eigenvalue weighted by Crippen LogP contribution is 2.04. The van der Waals surface area contributed by atoms with Gasteiger partial charge in [0, 0.05) is 6.04 Å². The molecule has 0 fully saturated rings. The van der Waals surface area contributed by atoms with Gasteiger partial charge < -0.3 is 15.7 Å². The molecule has 0 saturated carbocycles. The van der Waals surface area contributed by atoms with E-state index >= 15 is 0 Å². The van der Waals surface area contributed by atoms with E-state index in [-0.39, 0.29) is 12.6 Å². The highest BCUT2D eigenvalue weighted by atomic mass is 16.4. The van der Waals surface area contributed by atoms with Gasteiger partial charge in [0.15, 0.2) is 0 Å². The third kappa shape index (κ3) is 4.52. The zero-order chi connectivity index (χ0) is 15.1. The summed E-state index contributed by atoms with van der Waals surface area (Å²) in [6, 6.07) is -1.25. The van der Waals surface area contributed by atoms with Crippen molar-refractivity contribution in [2.24, 2.45) is 0 Å². The molecule has 0 spiro atoms. The Kier molecular flexibility index (Phi) is 5.95. The van der Waals surface area contributed by atoms with Gasteiger partial charge in [-0.05, 0) is 20.3 Å². The first-order valence-electron chi connectivity index (χ1n) is 6.61. The van der Waals surface area contributed by atoms with E-state index in [1.54, 1.807) is 4.68 Å². The molecular formula is C12H21N5O3. The van der Waals surface area contributed by atoms with Gasteiger partial charge in [0.25, 0.3) is 0 Å². The van der Waals surface area contributed by atoms with Crippen molar-refractivity contribution < 1.29 is 14.7 Å². The molecule has 0 bridgehead atoms. The lowest BCUT2D eigenvalue weighted by molar-refractivity contribution is -0.139. The molecule has 8 nitrogen and oxygen atoms in total. The summed E-state index contributed by atoms with van der Waals surface area (Å²) in [5.74, 6) is -0.412. The number of carboxylic acids is 1. The zero-order valence-electron chi connectivity index (χ0n) is 12.0. The van der Waals surface area contributed by atoms with Gasteiger partial charge in [0.05, 0.1) is 6.54 Å². The van der Waals surface area contributed by atoms with Crippen molar-refractivity contribution in [3.8, 4) is 0 Å². The third-order valence-corrected chi connectivity index (χ3v) is 2.72. The molecule has 0 aliphatic heterocycles. The summed E-state index contributed by atoms with van der Waals surface area (Å²) in [7, 11) is 0. The van der Waals surface area contributed by atoms with Gasteiger partial charge in [0.2, 0.25) is 0 Å². The zero-order valence-corrected chi connectivity index (χ0v) is 12.0. The summed E-state index contributed by atoms with van der Waals surface area (Å²) in [5, 5.41) is 18.0. The van der Waals surface area contributed by atoms with E-state index < -0.39 is 18.0 Å². The maximum absolute atomic E-state index is 11.7. The normalized spacial score (nSPS) is 12.2. The second-order valence-corrected chi connectivity index (χ2v) is 4.72. The number of hydrogen-bond acceptors (Lipinski definition) is 4. The molecule has 20 heavy (non-hydrogen) atoms. The molecule has 112 valence electrons. The average Bonchev–Trinajstić information content (AvgIpc) is 2.84. The average molecular weight is 283 g/mol. The molecule has 0 radical (unpaired) electrons. The van der Waals surface area contributed by atoms with E-state index in [2.05, 4.69) is 20.7 Å². The molecule has 3 N–H and O–H groups in total. The number of aromatic nitrogens is 3. The van der Waals surface area contributed by atoms with Gasteiger partial charge in [-0.15, -0.1) is 0 Å². The van der Waals surface area contributed by atoms with Crippen molar-refractivity contribution in [3.63, 3.8) is 0 Å². The summed E-state index contributed by atoms with van der Waals surface area (Å²) in [6.45, 7) is 5.98. The number of nitrogens with zero attached hydrogens (tertiary/aromatic N) is 3. The first-order valence-corrected chi connectivity index (χ1v) is 6.61. The van der Waals surface area contributed by atoms with E-state index in [1.807, 2.05) is 20.8 Å². The van der Waals surface area contributed by atoms with Gasteiger partial charge in [-0.25, -0.2) is 19.3 Å². The lowest BCUT2D eigenvalue weighted by Gasteiger charge is -2.14. The van der Waals surface area contributed by atoms with Crippen LogP contribution in [0.5, 0.6) is 0 Å². The molecule has 0 aromatic carbocycles. The van der Waals surface area contributed by atoms with Crippen LogP contribution in [-0.2, 0) is 11.3 Å². The third-order valence-electron chi connectivity index (χ3n) is 2.72. The van der Waals surface area contributed by atoms with Gasteiger partial charge in [-0.1, -0.05) is 13.3 Å². The van der Waals surface area contributed by atoms with Crippen LogP contribution in [-0.4, -0.2) is 37.9 Å². The Bertz CT molecular complexity index is 458. The number of urea groups is 1. The molecule has 1 aromatic heterocycles. The van der Waals surface area contributed by atoms with Crippen molar-refractivity contribution in [1.82, 2.24) is 25.4 Å². The smallest absolute Gasteiger partial charge is 0.326 e. The second kappa shape index (κ2) is 7.46. The topological polar surface area (TPSA) is 109 Å². The molecule has 1 unspecified atom stereocenters. The fourth-order valence-corrected chi connectivity index (χ4v) is 1.75. The minimum absolute atomic E-state index is 0.143. The number of carbonyl (C=O) groups is 2. The summed E-state index contributed by atoms with van der Waals surface area (Å²) >= 11 is 0. The van der Waals surface area contributed by atoms with Crippen LogP contribution in [0.25, 0.3) is 0 Å². The highest BCUT2D eigenvalue weighted by molar-refractivity contribution is 5.82. The molecular weight excluding hydrogens is 262 g/mol. The summed E-state index contributed by atoms with van der Waals surface area (Å²) in [6.07, 6.45) is 2.50. The molecule has 1 atom stereocenters. The van der Waals surface area contributed by atoms with E-state index in [9.17, 15) is 9.59 Å². The Morgan fingerprint density at radius 2 is 2.15 bits per heavy atom. The summed E-state index contributed by atoms with van der Waals surface area (Å²) < 4.78 is 1.70. The standard InChI is InChI=1S/C12H21N5O3/c1-4-5-9(11(18)19)16-12(20)13-6-10-14-7-15-17(10)8(2)3/h7-9H,4-6H2,1-3H3,(H,18,19)(H2,13,16,20). The van der Waals surface area contributed by atoms with Crippen molar-refractivity contribution in [2.75, 3.05) is 0 Å². The minimum Gasteiger partial charge on any atom is -0.480 e. The molecule has 0 aliphatic carbocycles. The number of carboxylic acid groups (broad SMARTS) is 1. The maximum Gasteiger partial charge on any atom is 0.326 e. The number of carbonyl (C=O) groups excluding carboxylic acids is 1. The summed E-state index contributed by atoms with van der Waals surface area (Å²) in [4.78, 5) is 26.7. The van der Waals surface area contributed by atoms with Crippen LogP contribution in [0.4, 0.5) is 4.79 Å². The Hall–Kier alpha value is -2.12. The van der Waals surface area contributed by atoms with Crippen molar-refractivity contribution in [3.05, 3.63) is 12.2 Å². The van der Waals surface area contributed by atoms with E-state index in [0.717, 1.165) is 0 Å². The number of nitrogens with one attached hydrogen (secondary N) is 2. The predicted octanol–water partition coefficient (Wildman–Crippen LogP) is 0.911. The first kappa shape index (κ1) is 15.9. The van der Waals surface area contributed by atoms with Gasteiger partial charge >= 0.3 is 12.0 Å². The molecule has 1 heterocycles. The minimum atomic E-state index is -1.03. The SMILES string of the molecule is CCCC(NC(=O)NCc1ncnn1C(C)C)C(=O)O. The Labute approximate surface area is 117 Å². The van der Waals surface area contributed by atoms with Crippen molar-refractivity contribution in [1.29, 1.82) is 0 Å². The number of aliphatic carboxylic acids is 1. The van der Waals surface area contributed by atoms with Crippen LogP contribution in [0.15, 0.2) is 6.33 Å². The van der Waals surface area contributed by atoms with E-state index in [4.69, 9.17) is 5.11 Å². The monoisotopic (exact) mass is 283 g/mol. The summed E-state index contributed by atoms with van der Waals surface area (Å²) in [5.41, 5.74) is 0. The quantitative estimate of drug-likeness (QED) is 0.689. The molecule has 2 amide bonds. The fraction of sp³-hybridized carbons (Fsp3) is 0.667. The molecule has 0 aliphatic rings. The number of hydrogen-bond donors (Lipinski definition) is 3. The van der Waals surface area contributed by atoms with Crippen LogP contribution in [0.2, 0.25) is 0 Å². The molecule has 0 saturated heterocycles. The largest absolute Gasteiger partial charge is 0.480 e. The highest BCUT2D eigenvalue weighted by Gasteiger charge is 2.18. The predicted molar refractivity (Wildman–Crippen MR) is 72.1 cm³/mol. The molecule has 1 aromatic rings. The van der Waals surface area contributed by atoms with Crippen LogP contribution < -0.4 is 10.6 Å². The number of rotatable bonds is 7. The second-order valence-electron chi connectivity index (χ2n) is 4.72. The maximum atomic E-state index is 11.7. The van der Waals surface area contributed by atoms with Crippen LogP contribution in [0.1, 0.15) is 45.5 Å². The van der Waals surface area contributed by atoms with E-state index in [0.29, 0.717) is 18.7 Å². The molecule has 1 rings (SSSR count). The van der Waals surface area contributed by atoms with Crippen LogP contribution in [0.3, 0.4) is 0 Å². The van der Waals surface area contributed by atoms with Crippen LogP contribution >= 0.6 is 0 Å². The Balaban J connectivity index is 2.50. The molecule has 8 heteroatoms. The van der Waals surface area contributed by atoms with Crippen molar-refractivity contribution in [2.45, 2.75) is 52.2 Å². The number of amides is 2.